The molecule has 6 nitrogen and oxygen atoms in total. The highest BCUT2D eigenvalue weighted by atomic mass is 16.5. The summed E-state index contributed by atoms with van der Waals surface area (Å²) in [5.41, 5.74) is 6.88. The van der Waals surface area contributed by atoms with Crippen molar-refractivity contribution < 1.29 is 14.3 Å². The fraction of sp³-hybridized carbons (Fsp3) is 0.400. The number of hydrogen-bond acceptors (Lipinski definition) is 4. The van der Waals surface area contributed by atoms with Crippen LogP contribution in [0.3, 0.4) is 0 Å². The predicted octanol–water partition coefficient (Wildman–Crippen LogP) is 1.45. The van der Waals surface area contributed by atoms with Crippen LogP contribution in [-0.4, -0.2) is 50.1 Å². The highest BCUT2D eigenvalue weighted by Crippen LogP contribution is 2.22. The molecule has 0 radical (unpaired) electrons. The lowest BCUT2D eigenvalue weighted by Gasteiger charge is -2.20. The van der Waals surface area contributed by atoms with E-state index in [1.54, 1.807) is 12.0 Å². The van der Waals surface area contributed by atoms with Gasteiger partial charge in [-0.2, -0.15) is 0 Å². The molecule has 6 heteroatoms. The van der Waals surface area contributed by atoms with Crippen molar-refractivity contribution in [2.24, 2.45) is 11.7 Å². The molecule has 2 amide bonds. The zero-order valence-corrected chi connectivity index (χ0v) is 15.0. The lowest BCUT2D eigenvalue weighted by atomic mass is 10.0. The van der Waals surface area contributed by atoms with Gasteiger partial charge in [0.2, 0.25) is 11.8 Å². The van der Waals surface area contributed by atoms with E-state index < -0.39 is 0 Å². The van der Waals surface area contributed by atoms with Gasteiger partial charge in [-0.3, -0.25) is 9.59 Å². The minimum Gasteiger partial charge on any atom is -0.383 e. The quantitative estimate of drug-likeness (QED) is 0.787. The van der Waals surface area contributed by atoms with Crippen molar-refractivity contribution >= 4 is 22.6 Å². The van der Waals surface area contributed by atoms with E-state index >= 15 is 0 Å². The number of methoxy groups -OCH3 is 1. The first-order valence-electron chi connectivity index (χ1n) is 8.88. The minimum atomic E-state index is -0.339. The number of benzene rings is 2. The Bertz CT molecular complexity index is 793. The summed E-state index contributed by atoms with van der Waals surface area (Å²) in [6, 6.07) is 13.9. The number of rotatable bonds is 7. The third kappa shape index (κ3) is 4.03. The first kappa shape index (κ1) is 18.4. The number of nitrogens with two attached hydrogens (primary N) is 1. The molecule has 1 heterocycles. The number of fused-ring (bicyclic) bond motifs is 1. The molecule has 2 unspecified atom stereocenters. The summed E-state index contributed by atoms with van der Waals surface area (Å²) in [5.74, 6) is -0.465. The third-order valence-electron chi connectivity index (χ3n) is 4.88. The number of carbonyl (C=O) groups is 2. The minimum absolute atomic E-state index is 0.00259. The maximum atomic E-state index is 12.6. The first-order valence-corrected chi connectivity index (χ1v) is 8.88. The normalized spacial score (nSPS) is 18.3. The third-order valence-corrected chi connectivity index (χ3v) is 4.88. The van der Waals surface area contributed by atoms with Gasteiger partial charge in [-0.05, 0) is 22.4 Å². The van der Waals surface area contributed by atoms with Gasteiger partial charge in [-0.25, -0.2) is 0 Å². The van der Waals surface area contributed by atoms with E-state index in [1.807, 2.05) is 36.4 Å². The van der Waals surface area contributed by atoms with Crippen LogP contribution in [0.5, 0.6) is 0 Å². The number of likely N-dealkylation sites (tertiary alicyclic amines) is 1. The van der Waals surface area contributed by atoms with Gasteiger partial charge >= 0.3 is 0 Å². The van der Waals surface area contributed by atoms with E-state index in [1.165, 1.54) is 0 Å². The van der Waals surface area contributed by atoms with Crippen molar-refractivity contribution in [3.05, 3.63) is 48.0 Å². The van der Waals surface area contributed by atoms with Crippen LogP contribution in [0, 0.1) is 5.92 Å². The molecule has 3 N–H and O–H groups in total. The molecule has 0 aliphatic carbocycles. The van der Waals surface area contributed by atoms with Crippen molar-refractivity contribution in [3.63, 3.8) is 0 Å². The lowest BCUT2D eigenvalue weighted by molar-refractivity contribution is -0.129. The van der Waals surface area contributed by atoms with Gasteiger partial charge in [-0.1, -0.05) is 36.4 Å². The Kier molecular flexibility index (Phi) is 5.85. The topological polar surface area (TPSA) is 84.7 Å². The summed E-state index contributed by atoms with van der Waals surface area (Å²) >= 11 is 0. The Balaban J connectivity index is 1.67. The summed E-state index contributed by atoms with van der Waals surface area (Å²) < 4.78 is 5.01. The number of nitrogens with zero attached hydrogens (tertiary/aromatic N) is 1. The maximum Gasteiger partial charge on any atom is 0.225 e. The van der Waals surface area contributed by atoms with Gasteiger partial charge in [0.25, 0.3) is 0 Å². The van der Waals surface area contributed by atoms with Gasteiger partial charge in [-0.15, -0.1) is 0 Å². The summed E-state index contributed by atoms with van der Waals surface area (Å²) in [6.45, 7) is 1.73. The fourth-order valence-corrected chi connectivity index (χ4v) is 3.36. The average molecular weight is 355 g/mol. The molecule has 3 rings (SSSR count). The number of carbonyl (C=O) groups excluding carboxylic acids is 2. The van der Waals surface area contributed by atoms with Crippen molar-refractivity contribution in [2.45, 2.75) is 12.5 Å². The Hall–Kier alpha value is -2.44. The van der Waals surface area contributed by atoms with Crippen molar-refractivity contribution in [2.75, 3.05) is 33.4 Å². The van der Waals surface area contributed by atoms with E-state index in [-0.39, 0.29) is 30.2 Å². The Morgan fingerprint density at radius 3 is 2.81 bits per heavy atom. The molecule has 2 atom stereocenters. The van der Waals surface area contributed by atoms with Crippen LogP contribution in [-0.2, 0) is 14.3 Å². The summed E-state index contributed by atoms with van der Waals surface area (Å²) in [6.07, 6.45) is 0.241. The molecule has 138 valence electrons. The van der Waals surface area contributed by atoms with E-state index in [4.69, 9.17) is 10.5 Å². The number of hydrogen-bond donors (Lipinski definition) is 2. The number of amides is 2. The fourth-order valence-electron chi connectivity index (χ4n) is 3.36. The molecule has 0 spiro atoms. The summed E-state index contributed by atoms with van der Waals surface area (Å²) in [5, 5.41) is 5.27. The summed E-state index contributed by atoms with van der Waals surface area (Å²) in [4.78, 5) is 26.4. The largest absolute Gasteiger partial charge is 0.383 e. The molecule has 1 aliphatic rings. The number of ether oxygens (including phenoxy) is 1. The highest BCUT2D eigenvalue weighted by molar-refractivity contribution is 5.89. The molecular formula is C20H25N3O3. The molecule has 1 aliphatic heterocycles. The van der Waals surface area contributed by atoms with Crippen LogP contribution in [0.15, 0.2) is 42.5 Å². The van der Waals surface area contributed by atoms with Crippen LogP contribution in [0.25, 0.3) is 10.8 Å². The van der Waals surface area contributed by atoms with E-state index in [0.29, 0.717) is 26.2 Å². The number of nitrogens with one attached hydrogen (secondary N) is 1. The van der Waals surface area contributed by atoms with Crippen LogP contribution < -0.4 is 11.1 Å². The van der Waals surface area contributed by atoms with Crippen LogP contribution in [0.1, 0.15) is 18.0 Å². The van der Waals surface area contributed by atoms with Crippen molar-refractivity contribution in [3.8, 4) is 0 Å². The molecule has 2 aromatic rings. The van der Waals surface area contributed by atoms with Crippen LogP contribution >= 0.6 is 0 Å². The summed E-state index contributed by atoms with van der Waals surface area (Å²) in [7, 11) is 1.60. The molecule has 26 heavy (non-hydrogen) atoms. The highest BCUT2D eigenvalue weighted by Gasteiger charge is 2.34. The average Bonchev–Trinajstić information content (AvgIpc) is 3.04. The van der Waals surface area contributed by atoms with Crippen LogP contribution in [0.2, 0.25) is 0 Å². The molecule has 2 aromatic carbocycles. The first-order chi connectivity index (χ1) is 12.6. The Morgan fingerprint density at radius 2 is 2.08 bits per heavy atom. The van der Waals surface area contributed by atoms with Crippen LogP contribution in [0.4, 0.5) is 0 Å². The second-order valence-electron chi connectivity index (χ2n) is 6.64. The molecular weight excluding hydrogens is 330 g/mol. The van der Waals surface area contributed by atoms with Crippen molar-refractivity contribution in [1.29, 1.82) is 0 Å². The second-order valence-corrected chi connectivity index (χ2v) is 6.64. The monoisotopic (exact) mass is 355 g/mol. The molecule has 0 saturated carbocycles. The molecule has 0 bridgehead atoms. The van der Waals surface area contributed by atoms with E-state index in [2.05, 4.69) is 11.4 Å². The maximum absolute atomic E-state index is 12.6. The van der Waals surface area contributed by atoms with Gasteiger partial charge in [0, 0.05) is 33.2 Å². The smallest absolute Gasteiger partial charge is 0.225 e. The molecule has 0 aromatic heterocycles. The van der Waals surface area contributed by atoms with Gasteiger partial charge in [0.1, 0.15) is 0 Å². The molecule has 1 fully saturated rings. The van der Waals surface area contributed by atoms with Gasteiger partial charge in [0.05, 0.1) is 18.6 Å². The Morgan fingerprint density at radius 1 is 1.31 bits per heavy atom. The standard InChI is InChI=1S/C20H25N3O3/c1-26-9-8-23-13-17(11-19(23)24)20(25)22-18(12-21)16-7-6-14-4-2-3-5-15(14)10-16/h2-7,10,17-18H,8-9,11-13,21H2,1H3,(H,22,25). The zero-order valence-electron chi connectivity index (χ0n) is 15.0. The van der Waals surface area contributed by atoms with Crippen molar-refractivity contribution in [1.82, 2.24) is 10.2 Å². The zero-order chi connectivity index (χ0) is 18.5. The van der Waals surface area contributed by atoms with Gasteiger partial charge in [0.15, 0.2) is 0 Å². The van der Waals surface area contributed by atoms with E-state index in [9.17, 15) is 9.59 Å². The molecule has 1 saturated heterocycles. The Labute approximate surface area is 153 Å². The van der Waals surface area contributed by atoms with E-state index in [0.717, 1.165) is 16.3 Å². The second kappa shape index (κ2) is 8.29. The predicted molar refractivity (Wildman–Crippen MR) is 100 cm³/mol. The SMILES string of the molecule is COCCN1CC(C(=O)NC(CN)c2ccc3ccccc3c2)CC1=O. The van der Waals surface area contributed by atoms with Gasteiger partial charge < -0.3 is 20.7 Å². The lowest BCUT2D eigenvalue weighted by Crippen LogP contribution is -2.38.